The normalized spacial score (nSPS) is 10.8. The highest BCUT2D eigenvalue weighted by Gasteiger charge is 2.10. The molecule has 3 aromatic rings. The Morgan fingerprint density at radius 3 is 2.74 bits per heavy atom. The summed E-state index contributed by atoms with van der Waals surface area (Å²) < 4.78 is 0. The van der Waals surface area contributed by atoms with Crippen LogP contribution in [0.15, 0.2) is 30.5 Å². The molecule has 0 aliphatic carbocycles. The molecule has 96 valence electrons. The summed E-state index contributed by atoms with van der Waals surface area (Å²) in [5, 5.41) is 0. The average Bonchev–Trinajstić information content (AvgIpc) is 2.81. The van der Waals surface area contributed by atoms with Crippen molar-refractivity contribution in [2.45, 2.75) is 0 Å². The first-order chi connectivity index (χ1) is 9.15. The van der Waals surface area contributed by atoms with Crippen molar-refractivity contribution in [3.63, 3.8) is 0 Å². The molecule has 0 atom stereocenters. The zero-order chi connectivity index (χ0) is 13.4. The minimum atomic E-state index is 0.592. The topological polar surface area (TPSA) is 83.7 Å². The summed E-state index contributed by atoms with van der Waals surface area (Å²) in [6, 6.07) is 7.48. The minimum Gasteiger partial charge on any atom is -0.397 e. The lowest BCUT2D eigenvalue weighted by Crippen LogP contribution is -2.10. The van der Waals surface area contributed by atoms with Gasteiger partial charge in [0.1, 0.15) is 11.5 Å². The molecule has 0 saturated carbocycles. The number of aromatic nitrogens is 4. The molecule has 0 aliphatic rings. The Kier molecular flexibility index (Phi) is 2.56. The van der Waals surface area contributed by atoms with Crippen LogP contribution in [0.5, 0.6) is 0 Å². The van der Waals surface area contributed by atoms with Crippen LogP contribution in [0.1, 0.15) is 0 Å². The van der Waals surface area contributed by atoms with Gasteiger partial charge in [0.2, 0.25) is 0 Å². The van der Waals surface area contributed by atoms with Gasteiger partial charge in [0, 0.05) is 20.3 Å². The van der Waals surface area contributed by atoms with Gasteiger partial charge in [0.15, 0.2) is 11.5 Å². The van der Waals surface area contributed by atoms with Crippen LogP contribution in [0.2, 0.25) is 0 Å². The van der Waals surface area contributed by atoms with E-state index in [9.17, 15) is 0 Å². The number of nitrogens with zero attached hydrogens (tertiary/aromatic N) is 4. The van der Waals surface area contributed by atoms with Crippen molar-refractivity contribution in [1.82, 2.24) is 19.9 Å². The number of rotatable bonds is 2. The number of imidazole rings is 1. The van der Waals surface area contributed by atoms with Crippen LogP contribution in [0.4, 0.5) is 11.5 Å². The van der Waals surface area contributed by atoms with E-state index in [-0.39, 0.29) is 0 Å². The maximum absolute atomic E-state index is 5.90. The lowest BCUT2D eigenvalue weighted by atomic mass is 10.3. The van der Waals surface area contributed by atoms with Gasteiger partial charge >= 0.3 is 0 Å². The third kappa shape index (κ3) is 1.97. The molecule has 0 fully saturated rings. The van der Waals surface area contributed by atoms with Crippen LogP contribution >= 0.6 is 0 Å². The van der Waals surface area contributed by atoms with E-state index in [0.29, 0.717) is 22.9 Å². The molecule has 0 aromatic carbocycles. The molecule has 3 heterocycles. The molecule has 0 unspecified atom stereocenters. The molecule has 6 nitrogen and oxygen atoms in total. The molecule has 3 rings (SSSR count). The highest BCUT2D eigenvalue weighted by atomic mass is 15.2. The SMILES string of the molecule is CN(C)c1ccc2[nH]c(-c3ncccc3N)nc2n1. The number of nitrogens with two attached hydrogens (primary N) is 1. The Morgan fingerprint density at radius 2 is 2.00 bits per heavy atom. The molecule has 0 bridgehead atoms. The van der Waals surface area contributed by atoms with Gasteiger partial charge in [-0.2, -0.15) is 0 Å². The fourth-order valence-corrected chi connectivity index (χ4v) is 1.86. The second-order valence-corrected chi connectivity index (χ2v) is 4.46. The van der Waals surface area contributed by atoms with Crippen LogP contribution < -0.4 is 10.6 Å². The van der Waals surface area contributed by atoms with E-state index in [4.69, 9.17) is 5.73 Å². The van der Waals surface area contributed by atoms with E-state index < -0.39 is 0 Å². The highest BCUT2D eigenvalue weighted by molar-refractivity contribution is 5.79. The quantitative estimate of drug-likeness (QED) is 0.726. The van der Waals surface area contributed by atoms with Crippen molar-refractivity contribution in [3.8, 4) is 11.5 Å². The Labute approximate surface area is 110 Å². The summed E-state index contributed by atoms with van der Waals surface area (Å²) >= 11 is 0. The molecule has 0 aliphatic heterocycles. The summed E-state index contributed by atoms with van der Waals surface area (Å²) in [4.78, 5) is 18.3. The predicted molar refractivity (Wildman–Crippen MR) is 75.9 cm³/mol. The second kappa shape index (κ2) is 4.24. The number of nitrogens with one attached hydrogen (secondary N) is 1. The van der Waals surface area contributed by atoms with Gasteiger partial charge in [0.05, 0.1) is 11.2 Å². The van der Waals surface area contributed by atoms with E-state index in [1.807, 2.05) is 31.1 Å². The fraction of sp³-hybridized carbons (Fsp3) is 0.154. The first-order valence-corrected chi connectivity index (χ1v) is 5.90. The van der Waals surface area contributed by atoms with Gasteiger partial charge in [-0.3, -0.25) is 4.98 Å². The van der Waals surface area contributed by atoms with Crippen LogP contribution in [0.25, 0.3) is 22.7 Å². The fourth-order valence-electron chi connectivity index (χ4n) is 1.86. The molecule has 0 spiro atoms. The third-order valence-electron chi connectivity index (χ3n) is 2.85. The molecule has 3 N–H and O–H groups in total. The van der Waals surface area contributed by atoms with Crippen molar-refractivity contribution in [2.75, 3.05) is 24.7 Å². The maximum atomic E-state index is 5.90. The molecule has 6 heteroatoms. The number of hydrogen-bond donors (Lipinski definition) is 2. The number of nitrogen functional groups attached to an aromatic ring is 1. The first kappa shape index (κ1) is 11.5. The highest BCUT2D eigenvalue weighted by Crippen LogP contribution is 2.23. The number of fused-ring (bicyclic) bond motifs is 1. The molecular formula is C13H14N6. The molecule has 19 heavy (non-hydrogen) atoms. The smallest absolute Gasteiger partial charge is 0.180 e. The van der Waals surface area contributed by atoms with Crippen molar-refractivity contribution >= 4 is 22.7 Å². The largest absolute Gasteiger partial charge is 0.397 e. The summed E-state index contributed by atoms with van der Waals surface area (Å²) in [6.07, 6.45) is 1.69. The molecule has 0 saturated heterocycles. The second-order valence-electron chi connectivity index (χ2n) is 4.46. The lowest BCUT2D eigenvalue weighted by Gasteiger charge is -2.09. The van der Waals surface area contributed by atoms with Gasteiger partial charge in [0.25, 0.3) is 0 Å². The Bertz CT molecular complexity index is 731. The number of aromatic amines is 1. The van der Waals surface area contributed by atoms with Gasteiger partial charge in [-0.15, -0.1) is 0 Å². The zero-order valence-corrected chi connectivity index (χ0v) is 10.8. The molecular weight excluding hydrogens is 240 g/mol. The number of pyridine rings is 2. The summed E-state index contributed by atoms with van der Waals surface area (Å²) in [7, 11) is 3.89. The van der Waals surface area contributed by atoms with Gasteiger partial charge < -0.3 is 15.6 Å². The van der Waals surface area contributed by atoms with Crippen molar-refractivity contribution in [1.29, 1.82) is 0 Å². The van der Waals surface area contributed by atoms with Gasteiger partial charge in [-0.1, -0.05) is 0 Å². The van der Waals surface area contributed by atoms with E-state index in [1.165, 1.54) is 0 Å². The molecule has 3 aromatic heterocycles. The van der Waals surface area contributed by atoms with Crippen LogP contribution in [0, 0.1) is 0 Å². The van der Waals surface area contributed by atoms with Crippen molar-refractivity contribution < 1.29 is 0 Å². The van der Waals surface area contributed by atoms with Gasteiger partial charge in [-0.05, 0) is 24.3 Å². The number of H-pyrrole nitrogens is 1. The molecule has 0 amide bonds. The van der Waals surface area contributed by atoms with E-state index in [0.717, 1.165) is 11.3 Å². The summed E-state index contributed by atoms with van der Waals surface area (Å²) in [5.74, 6) is 1.50. The maximum Gasteiger partial charge on any atom is 0.180 e. The van der Waals surface area contributed by atoms with E-state index in [2.05, 4.69) is 19.9 Å². The van der Waals surface area contributed by atoms with Crippen LogP contribution in [0.3, 0.4) is 0 Å². The van der Waals surface area contributed by atoms with Crippen molar-refractivity contribution in [3.05, 3.63) is 30.5 Å². The monoisotopic (exact) mass is 254 g/mol. The van der Waals surface area contributed by atoms with Gasteiger partial charge in [-0.25, -0.2) is 9.97 Å². The first-order valence-electron chi connectivity index (χ1n) is 5.90. The Morgan fingerprint density at radius 1 is 1.16 bits per heavy atom. The Balaban J connectivity index is 2.14. The standard InChI is InChI=1S/C13H14N6/c1-19(2)10-6-5-9-12(17-10)18-13(16-9)11-8(14)4-3-7-15-11/h3-7H,14H2,1-2H3,(H,16,17,18). The minimum absolute atomic E-state index is 0.592. The predicted octanol–water partition coefficient (Wildman–Crippen LogP) is 1.67. The molecule has 0 radical (unpaired) electrons. The van der Waals surface area contributed by atoms with E-state index in [1.54, 1.807) is 18.3 Å². The Hall–Kier alpha value is -2.63. The van der Waals surface area contributed by atoms with Crippen molar-refractivity contribution in [2.24, 2.45) is 0 Å². The number of hydrogen-bond acceptors (Lipinski definition) is 5. The lowest BCUT2D eigenvalue weighted by molar-refractivity contribution is 1.08. The van der Waals surface area contributed by atoms with E-state index >= 15 is 0 Å². The summed E-state index contributed by atoms with van der Waals surface area (Å²) in [5.41, 5.74) is 8.66. The number of anilines is 2. The van der Waals surface area contributed by atoms with Crippen LogP contribution in [-0.4, -0.2) is 34.0 Å². The summed E-state index contributed by atoms with van der Waals surface area (Å²) in [6.45, 7) is 0. The average molecular weight is 254 g/mol. The van der Waals surface area contributed by atoms with Crippen LogP contribution in [-0.2, 0) is 0 Å². The third-order valence-corrected chi connectivity index (χ3v) is 2.85. The zero-order valence-electron chi connectivity index (χ0n) is 10.8.